The van der Waals surface area contributed by atoms with Gasteiger partial charge in [-0.15, -0.1) is 0 Å². The maximum atomic E-state index is 13.9. The van der Waals surface area contributed by atoms with E-state index in [4.69, 9.17) is 0 Å². The normalized spacial score (nSPS) is 26.2. The lowest BCUT2D eigenvalue weighted by Gasteiger charge is -2.32. The molecule has 0 saturated heterocycles. The number of aromatic nitrogens is 3. The number of hydrogen-bond donors (Lipinski definition) is 1. The van der Waals surface area contributed by atoms with Gasteiger partial charge < -0.3 is 4.98 Å². The highest BCUT2D eigenvalue weighted by Crippen LogP contribution is 2.58. The summed E-state index contributed by atoms with van der Waals surface area (Å²) < 4.78 is 27.4. The third-order valence-corrected chi connectivity index (χ3v) is 7.79. The average Bonchev–Trinajstić information content (AvgIpc) is 3.46. The van der Waals surface area contributed by atoms with Crippen LogP contribution in [0.15, 0.2) is 48.7 Å². The lowest BCUT2D eigenvalue weighted by Crippen LogP contribution is -2.24. The van der Waals surface area contributed by atoms with Gasteiger partial charge in [0.2, 0.25) is 0 Å². The van der Waals surface area contributed by atoms with Crippen LogP contribution in [0, 0.1) is 35.3 Å². The number of pyridine rings is 1. The first-order valence-electron chi connectivity index (χ1n) is 11.2. The molecule has 2 saturated carbocycles. The first-order valence-corrected chi connectivity index (χ1v) is 11.2. The lowest BCUT2D eigenvalue weighted by molar-refractivity contribution is 0.224. The molecule has 1 N–H and O–H groups in total. The van der Waals surface area contributed by atoms with Gasteiger partial charge in [-0.1, -0.05) is 6.92 Å². The highest BCUT2D eigenvalue weighted by molar-refractivity contribution is 5.82. The summed E-state index contributed by atoms with van der Waals surface area (Å²) in [6.07, 6.45) is 6.39. The van der Waals surface area contributed by atoms with Crippen LogP contribution >= 0.6 is 0 Å². The van der Waals surface area contributed by atoms with E-state index in [0.29, 0.717) is 35.1 Å². The maximum Gasteiger partial charge on any atom is 0.125 e. The Kier molecular flexibility index (Phi) is 4.34. The molecule has 0 spiro atoms. The quantitative estimate of drug-likeness (QED) is 0.418. The zero-order valence-electron chi connectivity index (χ0n) is 17.5. The summed E-state index contributed by atoms with van der Waals surface area (Å²) in [5.74, 6) is 3.55. The molecular formula is C26H25F2N3. The van der Waals surface area contributed by atoms with Crippen LogP contribution in [-0.4, -0.2) is 15.0 Å². The lowest BCUT2D eigenvalue weighted by atomic mass is 9.73. The van der Waals surface area contributed by atoms with Crippen molar-refractivity contribution in [3.63, 3.8) is 0 Å². The molecule has 2 heterocycles. The third-order valence-electron chi connectivity index (χ3n) is 7.79. The minimum Gasteiger partial charge on any atom is -0.342 e. The third kappa shape index (κ3) is 3.22. The molecule has 4 unspecified atom stereocenters. The molecule has 2 fully saturated rings. The predicted molar refractivity (Wildman–Crippen MR) is 118 cm³/mol. The number of nitrogens with one attached hydrogen (secondary N) is 1. The van der Waals surface area contributed by atoms with Crippen LogP contribution in [0.4, 0.5) is 8.78 Å². The average molecular weight is 418 g/mol. The monoisotopic (exact) mass is 417 g/mol. The summed E-state index contributed by atoms with van der Waals surface area (Å²) in [6.45, 7) is 2.32. The first kappa shape index (κ1) is 18.9. The summed E-state index contributed by atoms with van der Waals surface area (Å²) in [6, 6.07) is 11.7. The van der Waals surface area contributed by atoms with Crippen LogP contribution in [0.25, 0.3) is 21.9 Å². The molecule has 2 bridgehead atoms. The second kappa shape index (κ2) is 7.11. The van der Waals surface area contributed by atoms with Crippen molar-refractivity contribution in [1.29, 1.82) is 0 Å². The van der Waals surface area contributed by atoms with E-state index >= 15 is 0 Å². The minimum absolute atomic E-state index is 0.192. The molecule has 4 aromatic rings. The number of imidazole rings is 1. The summed E-state index contributed by atoms with van der Waals surface area (Å²) >= 11 is 0. The van der Waals surface area contributed by atoms with Crippen LogP contribution < -0.4 is 0 Å². The van der Waals surface area contributed by atoms with Crippen LogP contribution in [0.2, 0.25) is 0 Å². The number of rotatable bonds is 4. The molecule has 5 heteroatoms. The molecule has 2 aliphatic rings. The number of benzene rings is 2. The van der Waals surface area contributed by atoms with E-state index in [1.165, 1.54) is 43.0 Å². The fourth-order valence-corrected chi connectivity index (χ4v) is 6.45. The summed E-state index contributed by atoms with van der Waals surface area (Å²) in [4.78, 5) is 12.4. The van der Waals surface area contributed by atoms with E-state index in [-0.39, 0.29) is 11.6 Å². The van der Waals surface area contributed by atoms with E-state index in [0.717, 1.165) is 28.7 Å². The SMILES string of the molecule is C[C@H](Cc1nc2cc(F)ccc2[nH]1)C1CC2CC1CC2c1ccnc2ccc(F)cc12. The van der Waals surface area contributed by atoms with E-state index in [9.17, 15) is 8.78 Å². The molecule has 6 rings (SSSR count). The van der Waals surface area contributed by atoms with E-state index in [2.05, 4.69) is 27.9 Å². The number of fused-ring (bicyclic) bond motifs is 4. The van der Waals surface area contributed by atoms with Gasteiger partial charge in [-0.25, -0.2) is 13.8 Å². The molecule has 2 aromatic heterocycles. The number of nitrogens with zero attached hydrogens (tertiary/aromatic N) is 2. The highest BCUT2D eigenvalue weighted by atomic mass is 19.1. The van der Waals surface area contributed by atoms with Crippen molar-refractivity contribution in [2.24, 2.45) is 23.7 Å². The molecule has 0 amide bonds. The van der Waals surface area contributed by atoms with Gasteiger partial charge in [-0.3, -0.25) is 4.98 Å². The zero-order chi connectivity index (χ0) is 21.1. The number of halogens is 2. The Morgan fingerprint density at radius 2 is 1.81 bits per heavy atom. The minimum atomic E-state index is -0.249. The maximum absolute atomic E-state index is 13.9. The van der Waals surface area contributed by atoms with Crippen LogP contribution in [0.5, 0.6) is 0 Å². The molecule has 0 radical (unpaired) electrons. The first-order chi connectivity index (χ1) is 15.0. The van der Waals surface area contributed by atoms with Crippen molar-refractivity contribution in [3.05, 3.63) is 71.7 Å². The Balaban J connectivity index is 1.20. The molecular weight excluding hydrogens is 392 g/mol. The fraction of sp³-hybridized carbons (Fsp3) is 0.385. The topological polar surface area (TPSA) is 41.6 Å². The standard InChI is InChI=1S/C26H25F2N3/c1-14(8-26-30-24-5-3-18(28)13-25(24)31-26)20-10-16-9-15(20)11-21(16)19-6-7-29-23-4-2-17(27)12-22(19)23/h2-7,12-16,20-21H,8-11H2,1H3,(H,30,31)/t14-,15?,16?,20?,21?/m1/s1. The zero-order valence-corrected chi connectivity index (χ0v) is 17.5. The molecule has 2 aromatic carbocycles. The van der Waals surface area contributed by atoms with E-state index in [1.807, 2.05) is 6.20 Å². The molecule has 3 nitrogen and oxygen atoms in total. The largest absolute Gasteiger partial charge is 0.342 e. The Hall–Kier alpha value is -2.82. The second-order valence-corrected chi connectivity index (χ2v) is 9.59. The van der Waals surface area contributed by atoms with Gasteiger partial charge in [0.05, 0.1) is 16.6 Å². The van der Waals surface area contributed by atoms with Crippen LogP contribution in [0.3, 0.4) is 0 Å². The van der Waals surface area contributed by atoms with Gasteiger partial charge in [0.15, 0.2) is 0 Å². The van der Waals surface area contributed by atoms with Crippen molar-refractivity contribution < 1.29 is 8.78 Å². The van der Waals surface area contributed by atoms with Gasteiger partial charge in [0.1, 0.15) is 17.5 Å². The fourth-order valence-electron chi connectivity index (χ4n) is 6.45. The Morgan fingerprint density at radius 3 is 2.65 bits per heavy atom. The van der Waals surface area contributed by atoms with Crippen molar-refractivity contribution in [2.75, 3.05) is 0 Å². The van der Waals surface area contributed by atoms with Crippen LogP contribution in [0.1, 0.15) is 43.5 Å². The summed E-state index contributed by atoms with van der Waals surface area (Å²) in [5, 5.41) is 0.971. The molecule has 2 aliphatic carbocycles. The summed E-state index contributed by atoms with van der Waals surface area (Å²) in [7, 11) is 0. The highest BCUT2D eigenvalue weighted by Gasteiger charge is 2.48. The van der Waals surface area contributed by atoms with Gasteiger partial charge >= 0.3 is 0 Å². The van der Waals surface area contributed by atoms with E-state index < -0.39 is 0 Å². The van der Waals surface area contributed by atoms with Gasteiger partial charge in [0.25, 0.3) is 0 Å². The summed E-state index contributed by atoms with van der Waals surface area (Å²) in [5.41, 5.74) is 3.75. The molecule has 158 valence electrons. The van der Waals surface area contributed by atoms with Crippen molar-refractivity contribution in [3.8, 4) is 0 Å². The smallest absolute Gasteiger partial charge is 0.125 e. The molecule has 0 aliphatic heterocycles. The number of aromatic amines is 1. The Morgan fingerprint density at radius 1 is 0.968 bits per heavy atom. The van der Waals surface area contributed by atoms with Gasteiger partial charge in [-0.2, -0.15) is 0 Å². The predicted octanol–water partition coefficient (Wildman–Crippen LogP) is 6.40. The number of hydrogen-bond acceptors (Lipinski definition) is 2. The Labute approximate surface area is 179 Å². The van der Waals surface area contributed by atoms with Gasteiger partial charge in [-0.05, 0) is 90.8 Å². The van der Waals surface area contributed by atoms with Crippen molar-refractivity contribution in [1.82, 2.24) is 15.0 Å². The van der Waals surface area contributed by atoms with E-state index in [1.54, 1.807) is 18.2 Å². The van der Waals surface area contributed by atoms with Crippen molar-refractivity contribution in [2.45, 2.75) is 38.5 Å². The van der Waals surface area contributed by atoms with Gasteiger partial charge in [0, 0.05) is 24.1 Å². The van der Waals surface area contributed by atoms with Crippen LogP contribution in [-0.2, 0) is 6.42 Å². The molecule has 31 heavy (non-hydrogen) atoms. The second-order valence-electron chi connectivity index (χ2n) is 9.59. The van der Waals surface area contributed by atoms with Crippen molar-refractivity contribution >= 4 is 21.9 Å². The molecule has 5 atom stereocenters. The number of H-pyrrole nitrogens is 1. The Bertz CT molecular complexity index is 1280.